The van der Waals surface area contributed by atoms with Gasteiger partial charge in [-0.05, 0) is 25.7 Å². The van der Waals surface area contributed by atoms with E-state index >= 15 is 0 Å². The Morgan fingerprint density at radius 3 is 2.67 bits per heavy atom. The number of carbonyl (C=O) groups is 2. The van der Waals surface area contributed by atoms with Crippen LogP contribution in [0, 0.1) is 0 Å². The van der Waals surface area contributed by atoms with Gasteiger partial charge in [-0.2, -0.15) is 0 Å². The predicted octanol–water partition coefficient (Wildman–Crippen LogP) is 0.419. The van der Waals surface area contributed by atoms with E-state index in [0.717, 1.165) is 25.7 Å². The van der Waals surface area contributed by atoms with Gasteiger partial charge in [0.25, 0.3) is 0 Å². The second-order valence-corrected chi connectivity index (χ2v) is 5.11. The molecule has 7 nitrogen and oxygen atoms in total. The van der Waals surface area contributed by atoms with Gasteiger partial charge in [-0.1, -0.05) is 0 Å². The summed E-state index contributed by atoms with van der Waals surface area (Å²) in [6.07, 6.45) is 8.36. The molecule has 0 aromatic carbocycles. The standard InChI is InChI=1S/C14H20N4O3/c1-10(19)17-8-13(20)18-11-2-4-12(5-3-11)21-14-9-15-6-7-16-14/h6-7,9,11-12H,2-5,8H2,1H3,(H,17,19)(H,18,20). The fraction of sp³-hybridized carbons (Fsp3) is 0.571. The third-order valence-corrected chi connectivity index (χ3v) is 3.36. The Hall–Kier alpha value is -2.18. The van der Waals surface area contributed by atoms with Crippen molar-refractivity contribution < 1.29 is 14.3 Å². The summed E-state index contributed by atoms with van der Waals surface area (Å²) in [6.45, 7) is 1.42. The Morgan fingerprint density at radius 2 is 2.05 bits per heavy atom. The lowest BCUT2D eigenvalue weighted by Crippen LogP contribution is -2.44. The molecule has 2 N–H and O–H groups in total. The molecule has 1 aliphatic rings. The van der Waals surface area contributed by atoms with Gasteiger partial charge >= 0.3 is 0 Å². The van der Waals surface area contributed by atoms with E-state index in [1.807, 2.05) is 0 Å². The van der Waals surface area contributed by atoms with Crippen molar-refractivity contribution >= 4 is 11.8 Å². The first-order valence-electron chi connectivity index (χ1n) is 7.10. The number of amides is 2. The smallest absolute Gasteiger partial charge is 0.239 e. The molecule has 0 spiro atoms. The van der Waals surface area contributed by atoms with Crippen LogP contribution in [0.4, 0.5) is 0 Å². The predicted molar refractivity (Wildman–Crippen MR) is 75.5 cm³/mol. The summed E-state index contributed by atoms with van der Waals surface area (Å²) in [4.78, 5) is 30.4. The van der Waals surface area contributed by atoms with E-state index < -0.39 is 0 Å². The Labute approximate surface area is 123 Å². The zero-order valence-corrected chi connectivity index (χ0v) is 12.0. The number of ether oxygens (including phenoxy) is 1. The van der Waals surface area contributed by atoms with Crippen LogP contribution in [-0.4, -0.2) is 40.5 Å². The highest BCUT2D eigenvalue weighted by atomic mass is 16.5. The first-order valence-corrected chi connectivity index (χ1v) is 7.10. The highest BCUT2D eigenvalue weighted by Gasteiger charge is 2.23. The molecular weight excluding hydrogens is 272 g/mol. The third-order valence-electron chi connectivity index (χ3n) is 3.36. The van der Waals surface area contributed by atoms with Crippen molar-refractivity contribution in [2.75, 3.05) is 6.54 Å². The summed E-state index contributed by atoms with van der Waals surface area (Å²) in [6, 6.07) is 0.146. The van der Waals surface area contributed by atoms with Gasteiger partial charge in [0.1, 0.15) is 6.10 Å². The fourth-order valence-corrected chi connectivity index (χ4v) is 2.33. The third kappa shape index (κ3) is 5.37. The van der Waals surface area contributed by atoms with Gasteiger partial charge < -0.3 is 15.4 Å². The Bertz CT molecular complexity index is 472. The van der Waals surface area contributed by atoms with E-state index in [2.05, 4.69) is 20.6 Å². The second-order valence-electron chi connectivity index (χ2n) is 5.11. The molecule has 114 valence electrons. The summed E-state index contributed by atoms with van der Waals surface area (Å²) in [5.74, 6) is 0.186. The molecule has 0 bridgehead atoms. The van der Waals surface area contributed by atoms with Crippen molar-refractivity contribution in [3.63, 3.8) is 0 Å². The molecule has 0 unspecified atom stereocenters. The SMILES string of the molecule is CC(=O)NCC(=O)NC1CCC(Oc2cnccn2)CC1. The summed E-state index contributed by atoms with van der Waals surface area (Å²) in [7, 11) is 0. The van der Waals surface area contributed by atoms with Gasteiger partial charge in [0.05, 0.1) is 12.7 Å². The van der Waals surface area contributed by atoms with Crippen molar-refractivity contribution in [1.82, 2.24) is 20.6 Å². The largest absolute Gasteiger partial charge is 0.473 e. The number of carbonyl (C=O) groups excluding carboxylic acids is 2. The maximum Gasteiger partial charge on any atom is 0.239 e. The summed E-state index contributed by atoms with van der Waals surface area (Å²) in [5, 5.41) is 5.41. The maximum atomic E-state index is 11.6. The van der Waals surface area contributed by atoms with E-state index in [-0.39, 0.29) is 30.5 Å². The summed E-state index contributed by atoms with van der Waals surface area (Å²) >= 11 is 0. The molecule has 1 saturated carbocycles. The van der Waals surface area contributed by atoms with Crippen molar-refractivity contribution in [1.29, 1.82) is 0 Å². The molecule has 2 rings (SSSR count). The Balaban J connectivity index is 1.68. The normalized spacial score (nSPS) is 21.4. The van der Waals surface area contributed by atoms with E-state index in [1.165, 1.54) is 6.92 Å². The van der Waals surface area contributed by atoms with Crippen molar-refractivity contribution in [2.45, 2.75) is 44.8 Å². The molecule has 1 fully saturated rings. The van der Waals surface area contributed by atoms with Crippen molar-refractivity contribution in [3.05, 3.63) is 18.6 Å². The number of hydrogen-bond donors (Lipinski definition) is 2. The van der Waals surface area contributed by atoms with Gasteiger partial charge in [0.2, 0.25) is 17.7 Å². The average Bonchev–Trinajstić information content (AvgIpc) is 2.48. The number of hydrogen-bond acceptors (Lipinski definition) is 5. The number of nitrogens with one attached hydrogen (secondary N) is 2. The molecule has 1 aromatic rings. The van der Waals surface area contributed by atoms with E-state index in [9.17, 15) is 9.59 Å². The highest BCUT2D eigenvalue weighted by molar-refractivity contribution is 5.83. The minimum absolute atomic E-state index is 0.0331. The topological polar surface area (TPSA) is 93.2 Å². The molecule has 21 heavy (non-hydrogen) atoms. The number of rotatable bonds is 5. The molecule has 1 aromatic heterocycles. The molecule has 0 aliphatic heterocycles. The van der Waals surface area contributed by atoms with E-state index in [0.29, 0.717) is 5.88 Å². The lowest BCUT2D eigenvalue weighted by molar-refractivity contribution is -0.125. The van der Waals surface area contributed by atoms with Crippen LogP contribution in [0.15, 0.2) is 18.6 Å². The average molecular weight is 292 g/mol. The molecule has 0 saturated heterocycles. The lowest BCUT2D eigenvalue weighted by atomic mass is 9.93. The van der Waals surface area contributed by atoms with Crippen LogP contribution in [0.2, 0.25) is 0 Å². The molecule has 0 atom stereocenters. The molecular formula is C14H20N4O3. The second kappa shape index (κ2) is 7.56. The lowest BCUT2D eigenvalue weighted by Gasteiger charge is -2.29. The van der Waals surface area contributed by atoms with Gasteiger partial charge in [-0.25, -0.2) is 4.98 Å². The zero-order valence-electron chi connectivity index (χ0n) is 12.0. The summed E-state index contributed by atoms with van der Waals surface area (Å²) in [5.41, 5.74) is 0. The zero-order chi connectivity index (χ0) is 15.1. The van der Waals surface area contributed by atoms with Crippen LogP contribution in [-0.2, 0) is 9.59 Å². The summed E-state index contributed by atoms with van der Waals surface area (Å²) < 4.78 is 5.74. The van der Waals surface area contributed by atoms with Crippen LogP contribution in [0.5, 0.6) is 5.88 Å². The monoisotopic (exact) mass is 292 g/mol. The molecule has 2 amide bonds. The first-order chi connectivity index (χ1) is 10.1. The molecule has 0 radical (unpaired) electrons. The fourth-order valence-electron chi connectivity index (χ4n) is 2.33. The van der Waals surface area contributed by atoms with Crippen LogP contribution in [0.25, 0.3) is 0 Å². The van der Waals surface area contributed by atoms with Crippen LogP contribution in [0.3, 0.4) is 0 Å². The molecule has 7 heteroatoms. The molecule has 1 aliphatic carbocycles. The molecule has 1 heterocycles. The van der Waals surface area contributed by atoms with Crippen LogP contribution >= 0.6 is 0 Å². The van der Waals surface area contributed by atoms with Crippen molar-refractivity contribution in [2.24, 2.45) is 0 Å². The first kappa shape index (κ1) is 15.2. The van der Waals surface area contributed by atoms with E-state index in [4.69, 9.17) is 4.74 Å². The van der Waals surface area contributed by atoms with Gasteiger partial charge in [-0.3, -0.25) is 14.6 Å². The minimum Gasteiger partial charge on any atom is -0.473 e. The van der Waals surface area contributed by atoms with Crippen molar-refractivity contribution in [3.8, 4) is 5.88 Å². The van der Waals surface area contributed by atoms with Crippen LogP contribution in [0.1, 0.15) is 32.6 Å². The van der Waals surface area contributed by atoms with Gasteiger partial charge in [-0.15, -0.1) is 0 Å². The minimum atomic E-state index is -0.203. The van der Waals surface area contributed by atoms with E-state index in [1.54, 1.807) is 18.6 Å². The van der Waals surface area contributed by atoms with Gasteiger partial charge in [0.15, 0.2) is 0 Å². The number of aromatic nitrogens is 2. The highest BCUT2D eigenvalue weighted by Crippen LogP contribution is 2.22. The number of nitrogens with zero attached hydrogens (tertiary/aromatic N) is 2. The Morgan fingerprint density at radius 1 is 1.29 bits per heavy atom. The maximum absolute atomic E-state index is 11.6. The quantitative estimate of drug-likeness (QED) is 0.820. The van der Waals surface area contributed by atoms with Crippen LogP contribution < -0.4 is 15.4 Å². The van der Waals surface area contributed by atoms with Gasteiger partial charge in [0, 0.05) is 25.4 Å². The Kier molecular flexibility index (Phi) is 5.48.